The highest BCUT2D eigenvalue weighted by Gasteiger charge is 2.60. The van der Waals surface area contributed by atoms with Crippen LogP contribution in [0.1, 0.15) is 11.1 Å². The van der Waals surface area contributed by atoms with Crippen LogP contribution in [-0.2, 0) is 21.7 Å². The summed E-state index contributed by atoms with van der Waals surface area (Å²) in [6, 6.07) is 10.1. The minimum absolute atomic E-state index is 0.330. The van der Waals surface area contributed by atoms with Gasteiger partial charge in [-0.1, -0.05) is 24.3 Å². The average Bonchev–Trinajstić information content (AvgIpc) is 2.94. The van der Waals surface area contributed by atoms with E-state index in [1.807, 2.05) is 24.3 Å². The van der Waals surface area contributed by atoms with Crippen LogP contribution in [0.3, 0.4) is 0 Å². The van der Waals surface area contributed by atoms with Gasteiger partial charge in [0.15, 0.2) is 11.7 Å². The summed E-state index contributed by atoms with van der Waals surface area (Å²) < 4.78 is 10.9. The highest BCUT2D eigenvalue weighted by atomic mass is 16.6. The second-order valence-electron chi connectivity index (χ2n) is 3.67. The first-order valence-corrected chi connectivity index (χ1v) is 4.60. The van der Waals surface area contributed by atoms with Crippen molar-refractivity contribution in [2.45, 2.75) is 18.3 Å². The first kappa shape index (κ1) is 7.98. The predicted molar refractivity (Wildman–Crippen MR) is 48.3 cm³/mol. The summed E-state index contributed by atoms with van der Waals surface area (Å²) in [7, 11) is 0. The van der Waals surface area contributed by atoms with Crippen molar-refractivity contribution in [2.75, 3.05) is 6.61 Å². The first-order valence-electron chi connectivity index (χ1n) is 4.60. The Hall–Kier alpha value is -1.37. The molecule has 3 heteroatoms. The smallest absolute Gasteiger partial charge is 0.180 e. The third-order valence-corrected chi connectivity index (χ3v) is 2.86. The van der Waals surface area contributed by atoms with E-state index < -0.39 is 5.60 Å². The van der Waals surface area contributed by atoms with Crippen molar-refractivity contribution in [2.24, 2.45) is 0 Å². The molecule has 3 nitrogen and oxygen atoms in total. The van der Waals surface area contributed by atoms with Crippen molar-refractivity contribution in [3.63, 3.8) is 0 Å². The summed E-state index contributed by atoms with van der Waals surface area (Å²) in [6.45, 7) is 1.13. The van der Waals surface area contributed by atoms with E-state index in [9.17, 15) is 0 Å². The molecule has 1 spiro atoms. The molecule has 2 atom stereocenters. The number of rotatable bonds is 0. The number of nitriles is 1. The molecule has 1 aromatic carbocycles. The summed E-state index contributed by atoms with van der Waals surface area (Å²) in [5.74, 6) is 0. The average molecular weight is 187 g/mol. The van der Waals surface area contributed by atoms with Crippen molar-refractivity contribution in [1.82, 2.24) is 0 Å². The second-order valence-corrected chi connectivity index (χ2v) is 3.67. The Bertz CT molecular complexity index is 424. The third kappa shape index (κ3) is 0.872. The van der Waals surface area contributed by atoms with Crippen LogP contribution in [0.15, 0.2) is 24.3 Å². The Kier molecular flexibility index (Phi) is 1.46. The largest absolute Gasteiger partial charge is 0.373 e. The van der Waals surface area contributed by atoms with E-state index in [1.165, 1.54) is 0 Å². The van der Waals surface area contributed by atoms with Crippen LogP contribution in [0.4, 0.5) is 0 Å². The van der Waals surface area contributed by atoms with Crippen molar-refractivity contribution in [1.29, 1.82) is 5.26 Å². The van der Waals surface area contributed by atoms with Crippen molar-refractivity contribution in [3.8, 4) is 6.07 Å². The summed E-state index contributed by atoms with van der Waals surface area (Å²) in [5.41, 5.74) is 1.80. The van der Waals surface area contributed by atoms with Crippen molar-refractivity contribution < 1.29 is 9.47 Å². The van der Waals surface area contributed by atoms with Gasteiger partial charge < -0.3 is 9.47 Å². The minimum Gasteiger partial charge on any atom is -0.373 e. The maximum atomic E-state index is 8.82. The van der Waals surface area contributed by atoms with E-state index in [0.717, 1.165) is 11.1 Å². The monoisotopic (exact) mass is 187 g/mol. The number of fused-ring (bicyclic) bond motifs is 2. The van der Waals surface area contributed by atoms with Crippen molar-refractivity contribution in [3.05, 3.63) is 35.4 Å². The van der Waals surface area contributed by atoms with Crippen LogP contribution in [0.2, 0.25) is 0 Å². The Labute approximate surface area is 81.9 Å². The molecule has 0 amide bonds. The predicted octanol–water partition coefficient (Wildman–Crippen LogP) is 1.33. The molecule has 1 aromatic rings. The van der Waals surface area contributed by atoms with E-state index in [2.05, 4.69) is 6.07 Å². The lowest BCUT2D eigenvalue weighted by molar-refractivity contribution is 0.0483. The van der Waals surface area contributed by atoms with Crippen LogP contribution in [0, 0.1) is 11.3 Å². The molecule has 2 unspecified atom stereocenters. The second kappa shape index (κ2) is 2.57. The minimum atomic E-state index is -0.455. The van der Waals surface area contributed by atoms with Gasteiger partial charge in [0.2, 0.25) is 0 Å². The molecule has 0 bridgehead atoms. The molecule has 1 saturated heterocycles. The van der Waals surface area contributed by atoms with Gasteiger partial charge in [-0.3, -0.25) is 0 Å². The van der Waals surface area contributed by atoms with Crippen LogP contribution in [0.25, 0.3) is 0 Å². The number of ether oxygens (including phenoxy) is 2. The van der Waals surface area contributed by atoms with Crippen molar-refractivity contribution >= 4 is 0 Å². The molecule has 2 aliphatic heterocycles. The van der Waals surface area contributed by atoms with E-state index in [1.54, 1.807) is 0 Å². The lowest BCUT2D eigenvalue weighted by Crippen LogP contribution is -2.26. The van der Waals surface area contributed by atoms with Gasteiger partial charge in [0.25, 0.3) is 0 Å². The van der Waals surface area contributed by atoms with Gasteiger partial charge in [0.1, 0.15) is 0 Å². The van der Waals surface area contributed by atoms with Crippen LogP contribution in [-0.4, -0.2) is 12.7 Å². The fourth-order valence-corrected chi connectivity index (χ4v) is 2.07. The van der Waals surface area contributed by atoms with Gasteiger partial charge in [-0.25, -0.2) is 0 Å². The standard InChI is InChI=1S/C11H9NO2/c12-5-10-11(14-10)7-13-6-8-3-1-2-4-9(8)11/h1-4,10H,6-7H2. The molecule has 0 N–H and O–H groups in total. The fraction of sp³-hybridized carbons (Fsp3) is 0.364. The fourth-order valence-electron chi connectivity index (χ4n) is 2.07. The number of epoxide rings is 1. The normalized spacial score (nSPS) is 33.5. The zero-order chi connectivity index (χ0) is 9.60. The lowest BCUT2D eigenvalue weighted by Gasteiger charge is -2.22. The van der Waals surface area contributed by atoms with E-state index >= 15 is 0 Å². The Morgan fingerprint density at radius 2 is 2.29 bits per heavy atom. The molecule has 2 heterocycles. The Morgan fingerprint density at radius 1 is 1.43 bits per heavy atom. The highest BCUT2D eigenvalue weighted by molar-refractivity contribution is 5.40. The third-order valence-electron chi connectivity index (χ3n) is 2.86. The Morgan fingerprint density at radius 3 is 3.07 bits per heavy atom. The van der Waals surface area contributed by atoms with Gasteiger partial charge in [0, 0.05) is 0 Å². The summed E-state index contributed by atoms with van der Waals surface area (Å²) in [5, 5.41) is 8.82. The van der Waals surface area contributed by atoms with E-state index in [-0.39, 0.29) is 6.10 Å². The first-order chi connectivity index (χ1) is 6.87. The quantitative estimate of drug-likeness (QED) is 0.575. The number of hydrogen-bond donors (Lipinski definition) is 0. The SMILES string of the molecule is N#CC1OC12COCc1ccccc12. The van der Waals surface area contributed by atoms with Gasteiger partial charge in [-0.15, -0.1) is 0 Å². The van der Waals surface area contributed by atoms with E-state index in [4.69, 9.17) is 14.7 Å². The zero-order valence-corrected chi connectivity index (χ0v) is 7.56. The number of benzene rings is 1. The van der Waals surface area contributed by atoms with Crippen LogP contribution < -0.4 is 0 Å². The molecular formula is C11H9NO2. The molecule has 3 rings (SSSR count). The van der Waals surface area contributed by atoms with Gasteiger partial charge in [0.05, 0.1) is 19.3 Å². The summed E-state index contributed by atoms with van der Waals surface area (Å²) in [6.07, 6.45) is -0.330. The number of hydrogen-bond acceptors (Lipinski definition) is 3. The molecule has 0 aliphatic carbocycles. The summed E-state index contributed by atoms with van der Waals surface area (Å²) >= 11 is 0. The van der Waals surface area contributed by atoms with Crippen LogP contribution >= 0.6 is 0 Å². The highest BCUT2D eigenvalue weighted by Crippen LogP contribution is 2.49. The van der Waals surface area contributed by atoms with E-state index in [0.29, 0.717) is 13.2 Å². The zero-order valence-electron chi connectivity index (χ0n) is 7.56. The maximum absolute atomic E-state index is 8.82. The van der Waals surface area contributed by atoms with Gasteiger partial charge in [-0.05, 0) is 11.1 Å². The number of nitrogens with zero attached hydrogens (tertiary/aromatic N) is 1. The summed E-state index contributed by atoms with van der Waals surface area (Å²) in [4.78, 5) is 0. The lowest BCUT2D eigenvalue weighted by atomic mass is 9.90. The molecule has 0 radical (unpaired) electrons. The van der Waals surface area contributed by atoms with Crippen LogP contribution in [0.5, 0.6) is 0 Å². The molecule has 1 fully saturated rings. The molecule has 2 aliphatic rings. The molecule has 70 valence electrons. The Balaban J connectivity index is 2.10. The van der Waals surface area contributed by atoms with Gasteiger partial charge >= 0.3 is 0 Å². The molecule has 0 aromatic heterocycles. The molecule has 14 heavy (non-hydrogen) atoms. The van der Waals surface area contributed by atoms with Gasteiger partial charge in [-0.2, -0.15) is 5.26 Å². The molecule has 0 saturated carbocycles. The molecular weight excluding hydrogens is 178 g/mol. The topological polar surface area (TPSA) is 45.5 Å². The maximum Gasteiger partial charge on any atom is 0.180 e.